The lowest BCUT2D eigenvalue weighted by Gasteiger charge is -2.11. The summed E-state index contributed by atoms with van der Waals surface area (Å²) in [6.45, 7) is 4.18. The second kappa shape index (κ2) is 9.94. The summed E-state index contributed by atoms with van der Waals surface area (Å²) < 4.78 is 5.50. The van der Waals surface area contributed by atoms with Crippen LogP contribution in [0.4, 0.5) is 5.69 Å². The van der Waals surface area contributed by atoms with E-state index in [0.717, 1.165) is 22.4 Å². The molecule has 2 N–H and O–H groups in total. The summed E-state index contributed by atoms with van der Waals surface area (Å²) in [7, 11) is 0. The Hall–Kier alpha value is -3.31. The van der Waals surface area contributed by atoms with Crippen molar-refractivity contribution < 1.29 is 14.3 Å². The van der Waals surface area contributed by atoms with Gasteiger partial charge in [0.25, 0.3) is 11.8 Å². The molecular weight excluding hydrogens is 400 g/mol. The summed E-state index contributed by atoms with van der Waals surface area (Å²) >= 11 is 6.07. The Balaban J connectivity index is 1.50. The van der Waals surface area contributed by atoms with E-state index in [1.165, 1.54) is 0 Å². The first-order valence-corrected chi connectivity index (χ1v) is 9.92. The Morgan fingerprint density at radius 3 is 2.40 bits per heavy atom. The van der Waals surface area contributed by atoms with Gasteiger partial charge in [0.15, 0.2) is 6.61 Å². The molecule has 5 nitrogen and oxygen atoms in total. The second-order valence-corrected chi connectivity index (χ2v) is 7.29. The lowest BCUT2D eigenvalue weighted by Crippen LogP contribution is -2.28. The molecule has 0 aliphatic heterocycles. The second-order valence-electron chi connectivity index (χ2n) is 6.88. The number of benzene rings is 3. The van der Waals surface area contributed by atoms with E-state index >= 15 is 0 Å². The van der Waals surface area contributed by atoms with E-state index in [9.17, 15) is 9.59 Å². The Morgan fingerprint density at radius 2 is 1.67 bits per heavy atom. The molecule has 30 heavy (non-hydrogen) atoms. The normalized spacial score (nSPS) is 10.4. The number of carbonyl (C=O) groups is 2. The minimum Gasteiger partial charge on any atom is -0.484 e. The molecular formula is C24H23ClN2O3. The van der Waals surface area contributed by atoms with Crippen molar-refractivity contribution >= 4 is 29.1 Å². The number of halogens is 1. The summed E-state index contributed by atoms with van der Waals surface area (Å²) in [5.41, 5.74) is 4.28. The van der Waals surface area contributed by atoms with Gasteiger partial charge in [0.1, 0.15) is 5.75 Å². The highest BCUT2D eigenvalue weighted by Crippen LogP contribution is 2.20. The maximum Gasteiger partial charge on any atom is 0.258 e. The van der Waals surface area contributed by atoms with Crippen LogP contribution in [0.3, 0.4) is 0 Å². The van der Waals surface area contributed by atoms with Gasteiger partial charge in [-0.05, 0) is 66.9 Å². The summed E-state index contributed by atoms with van der Waals surface area (Å²) in [4.78, 5) is 24.5. The summed E-state index contributed by atoms with van der Waals surface area (Å²) in [5.74, 6) is 0.0468. The van der Waals surface area contributed by atoms with Crippen LogP contribution in [0.15, 0.2) is 66.7 Å². The van der Waals surface area contributed by atoms with Gasteiger partial charge in [-0.2, -0.15) is 0 Å². The predicted octanol–water partition coefficient (Wildman–Crippen LogP) is 4.90. The highest BCUT2D eigenvalue weighted by atomic mass is 35.5. The van der Waals surface area contributed by atoms with Gasteiger partial charge < -0.3 is 15.4 Å². The van der Waals surface area contributed by atoms with Crippen LogP contribution in [0.2, 0.25) is 5.02 Å². The zero-order chi connectivity index (χ0) is 21.5. The van der Waals surface area contributed by atoms with Gasteiger partial charge in [-0.25, -0.2) is 0 Å². The van der Waals surface area contributed by atoms with Crippen molar-refractivity contribution in [2.45, 2.75) is 20.4 Å². The van der Waals surface area contributed by atoms with E-state index in [4.69, 9.17) is 16.3 Å². The summed E-state index contributed by atoms with van der Waals surface area (Å²) in [5, 5.41) is 6.29. The predicted molar refractivity (Wildman–Crippen MR) is 119 cm³/mol. The number of amides is 2. The quantitative estimate of drug-likeness (QED) is 0.568. The third kappa shape index (κ3) is 5.61. The molecule has 0 saturated heterocycles. The van der Waals surface area contributed by atoms with Crippen LogP contribution in [0, 0.1) is 13.8 Å². The first-order chi connectivity index (χ1) is 14.4. The SMILES string of the molecule is Cc1cccc(NC(=O)c2ccc(OCC(=O)NCc3ccccc3Cl)cc2)c1C. The molecule has 154 valence electrons. The van der Waals surface area contributed by atoms with Crippen LogP contribution in [-0.2, 0) is 11.3 Å². The van der Waals surface area contributed by atoms with Crippen LogP contribution >= 0.6 is 11.6 Å². The fraction of sp³-hybridized carbons (Fsp3) is 0.167. The fourth-order valence-electron chi connectivity index (χ4n) is 2.82. The van der Waals surface area contributed by atoms with Gasteiger partial charge in [-0.15, -0.1) is 0 Å². The van der Waals surface area contributed by atoms with Gasteiger partial charge in [-0.3, -0.25) is 9.59 Å². The number of hydrogen-bond acceptors (Lipinski definition) is 3. The largest absolute Gasteiger partial charge is 0.484 e. The molecule has 0 aliphatic carbocycles. The molecule has 0 spiro atoms. The fourth-order valence-corrected chi connectivity index (χ4v) is 3.02. The van der Waals surface area contributed by atoms with E-state index in [2.05, 4.69) is 10.6 Å². The van der Waals surface area contributed by atoms with Crippen molar-refractivity contribution in [2.24, 2.45) is 0 Å². The molecule has 2 amide bonds. The first-order valence-electron chi connectivity index (χ1n) is 9.54. The molecule has 0 fully saturated rings. The number of carbonyl (C=O) groups excluding carboxylic acids is 2. The van der Waals surface area contributed by atoms with Crippen LogP contribution in [0.25, 0.3) is 0 Å². The van der Waals surface area contributed by atoms with Gasteiger partial charge >= 0.3 is 0 Å². The number of nitrogens with one attached hydrogen (secondary N) is 2. The van der Waals surface area contributed by atoms with Gasteiger partial charge in [0, 0.05) is 22.8 Å². The Kier molecular flexibility index (Phi) is 7.09. The molecule has 0 aromatic heterocycles. The summed E-state index contributed by atoms with van der Waals surface area (Å²) in [6.07, 6.45) is 0. The molecule has 0 heterocycles. The molecule has 0 bridgehead atoms. The van der Waals surface area contributed by atoms with Gasteiger partial charge in [0.05, 0.1) is 0 Å². The zero-order valence-corrected chi connectivity index (χ0v) is 17.6. The average Bonchev–Trinajstić information content (AvgIpc) is 2.75. The molecule has 6 heteroatoms. The number of anilines is 1. The number of ether oxygens (including phenoxy) is 1. The maximum atomic E-state index is 12.5. The minimum atomic E-state index is -0.258. The number of aryl methyl sites for hydroxylation is 1. The molecule has 0 aliphatic rings. The highest BCUT2D eigenvalue weighted by molar-refractivity contribution is 6.31. The molecule has 3 aromatic rings. The van der Waals surface area contributed by atoms with Gasteiger partial charge in [-0.1, -0.05) is 41.9 Å². The standard InChI is InChI=1S/C24H23ClN2O3/c1-16-6-5-9-22(17(16)2)27-24(29)18-10-12-20(13-11-18)30-15-23(28)26-14-19-7-3-4-8-21(19)25/h3-13H,14-15H2,1-2H3,(H,26,28)(H,27,29). The van der Waals surface area contributed by atoms with Crippen LogP contribution < -0.4 is 15.4 Å². The molecule has 0 saturated carbocycles. The van der Waals surface area contributed by atoms with E-state index in [-0.39, 0.29) is 18.4 Å². The maximum absolute atomic E-state index is 12.5. The third-order valence-electron chi connectivity index (χ3n) is 4.77. The first kappa shape index (κ1) is 21.4. The molecule has 3 aromatic carbocycles. The molecule has 0 atom stereocenters. The average molecular weight is 423 g/mol. The van der Waals surface area contributed by atoms with Crippen molar-refractivity contribution in [2.75, 3.05) is 11.9 Å². The van der Waals surface area contributed by atoms with Crippen molar-refractivity contribution in [1.29, 1.82) is 0 Å². The van der Waals surface area contributed by atoms with Crippen molar-refractivity contribution in [1.82, 2.24) is 5.32 Å². The zero-order valence-electron chi connectivity index (χ0n) is 16.9. The molecule has 3 rings (SSSR count). The molecule has 0 unspecified atom stereocenters. The van der Waals surface area contributed by atoms with Crippen LogP contribution in [0.5, 0.6) is 5.75 Å². The van der Waals surface area contributed by atoms with E-state index in [1.54, 1.807) is 30.3 Å². The number of rotatable bonds is 7. The topological polar surface area (TPSA) is 67.4 Å². The summed E-state index contributed by atoms with van der Waals surface area (Å²) in [6, 6.07) is 19.8. The van der Waals surface area contributed by atoms with E-state index < -0.39 is 0 Å². The number of hydrogen-bond donors (Lipinski definition) is 2. The van der Waals surface area contributed by atoms with Crippen molar-refractivity contribution in [3.63, 3.8) is 0 Å². The lowest BCUT2D eigenvalue weighted by molar-refractivity contribution is -0.123. The van der Waals surface area contributed by atoms with Gasteiger partial charge in [0.2, 0.25) is 0 Å². The minimum absolute atomic E-state index is 0.127. The molecule has 0 radical (unpaired) electrons. The Bertz CT molecular complexity index is 1050. The Morgan fingerprint density at radius 1 is 0.933 bits per heavy atom. The van der Waals surface area contributed by atoms with Crippen molar-refractivity contribution in [3.8, 4) is 5.75 Å². The van der Waals surface area contributed by atoms with E-state index in [1.807, 2.05) is 50.2 Å². The lowest BCUT2D eigenvalue weighted by atomic mass is 10.1. The van der Waals surface area contributed by atoms with E-state index in [0.29, 0.717) is 22.9 Å². The van der Waals surface area contributed by atoms with Crippen molar-refractivity contribution in [3.05, 3.63) is 94.0 Å². The van der Waals surface area contributed by atoms with Crippen LogP contribution in [0.1, 0.15) is 27.0 Å². The Labute approximate surface area is 181 Å². The van der Waals surface area contributed by atoms with Crippen LogP contribution in [-0.4, -0.2) is 18.4 Å². The third-order valence-corrected chi connectivity index (χ3v) is 5.14. The smallest absolute Gasteiger partial charge is 0.258 e. The monoisotopic (exact) mass is 422 g/mol. The highest BCUT2D eigenvalue weighted by Gasteiger charge is 2.10.